The summed E-state index contributed by atoms with van der Waals surface area (Å²) in [4.78, 5) is 73.6. The van der Waals surface area contributed by atoms with E-state index in [1.54, 1.807) is 30.8 Å². The molecule has 4 N–H and O–H groups in total. The van der Waals surface area contributed by atoms with Gasteiger partial charge in [-0.3, -0.25) is 28.6 Å². The lowest BCUT2D eigenvalue weighted by molar-refractivity contribution is -0.122. The van der Waals surface area contributed by atoms with Gasteiger partial charge in [-0.05, 0) is 76.3 Å². The molecule has 4 aromatic rings. The molecule has 1 saturated heterocycles. The molecule has 0 spiro atoms. The summed E-state index contributed by atoms with van der Waals surface area (Å²) in [7, 11) is 1.62. The van der Waals surface area contributed by atoms with Crippen molar-refractivity contribution in [2.45, 2.75) is 84.6 Å². The molecule has 56 heavy (non-hydrogen) atoms. The number of unbranched alkanes of at least 4 members (excludes halogenated alkanes) is 4. The number of fused-ring (bicyclic) bond motifs is 1. The first-order valence-electron chi connectivity index (χ1n) is 20.0. The van der Waals surface area contributed by atoms with Crippen LogP contribution in [0.4, 0.5) is 23.3 Å². The maximum Gasteiger partial charge on any atom is 0.263 e. The third-order valence-electron chi connectivity index (χ3n) is 10.8. The van der Waals surface area contributed by atoms with Crippen molar-refractivity contribution in [1.82, 2.24) is 40.0 Å². The van der Waals surface area contributed by atoms with Crippen LogP contribution < -0.4 is 31.7 Å². The monoisotopic (exact) mass is 765 g/mol. The number of amides is 2. The number of hydrogen-bond donors (Lipinski definition) is 4. The lowest BCUT2D eigenvalue weighted by atomic mass is 10.0. The molecule has 6 rings (SSSR count). The number of nitrogens with one attached hydrogen (secondary N) is 4. The second-order valence-corrected chi connectivity index (χ2v) is 14.9. The minimum atomic E-state index is -0.275. The quantitative estimate of drug-likeness (QED) is 0.0844. The number of carbonyl (C=O) groups is 3. The molecule has 0 radical (unpaired) electrons. The number of anilines is 4. The zero-order chi connectivity index (χ0) is 39.6. The Morgan fingerprint density at radius 1 is 0.857 bits per heavy atom. The van der Waals surface area contributed by atoms with E-state index in [0.717, 1.165) is 102 Å². The number of nitrogens with zero attached hydrogens (tertiary/aromatic N) is 7. The van der Waals surface area contributed by atoms with Crippen LogP contribution in [0.1, 0.15) is 103 Å². The van der Waals surface area contributed by atoms with Crippen LogP contribution in [0.3, 0.4) is 0 Å². The van der Waals surface area contributed by atoms with Gasteiger partial charge in [0.1, 0.15) is 17.3 Å². The van der Waals surface area contributed by atoms with Crippen LogP contribution >= 0.6 is 0 Å². The number of carbonyl (C=O) groups excluding carboxylic acids is 3. The normalized spacial score (nSPS) is 14.9. The topological polar surface area (TPSA) is 179 Å². The summed E-state index contributed by atoms with van der Waals surface area (Å²) >= 11 is 0. The standard InChI is InChI=1S/C41H55N11O4/c1-27-14-16-32(39(55)42-4)37(47-27)44-19-11-7-5-6-10-18-43-35(54)26-50-20-22-51(23-21-50)31-15-17-34(45-24-31)48-41-46-25-33-28(2)36(29(3)53)40(56)52(38(33)49-41)30-12-8-9-13-30/h14-17,24-25,30H,5-13,18-23,26H2,1-4H3,(H,42,55)(H,43,54)(H,44,47)(H,45,46,48,49). The predicted octanol–water partition coefficient (Wildman–Crippen LogP) is 4.92. The van der Waals surface area contributed by atoms with Gasteiger partial charge < -0.3 is 26.2 Å². The van der Waals surface area contributed by atoms with Gasteiger partial charge >= 0.3 is 0 Å². The van der Waals surface area contributed by atoms with Crippen LogP contribution in [0.2, 0.25) is 0 Å². The minimum Gasteiger partial charge on any atom is -0.369 e. The lowest BCUT2D eigenvalue weighted by Gasteiger charge is -2.35. The number of rotatable bonds is 17. The zero-order valence-corrected chi connectivity index (χ0v) is 33.1. The van der Waals surface area contributed by atoms with Crippen LogP contribution in [0.25, 0.3) is 11.0 Å². The molecule has 2 fully saturated rings. The third-order valence-corrected chi connectivity index (χ3v) is 10.8. The van der Waals surface area contributed by atoms with Crippen molar-refractivity contribution >= 4 is 51.9 Å². The number of piperazine rings is 1. The summed E-state index contributed by atoms with van der Waals surface area (Å²) < 4.78 is 1.71. The molecule has 0 aromatic carbocycles. The molecule has 15 heteroatoms. The SMILES string of the molecule is CNC(=O)c1ccc(C)nc1NCCCCCCCNC(=O)CN1CCN(c2ccc(Nc3ncc4c(C)c(C(C)=O)c(=O)n(C5CCCC5)c4n3)nc2)CC1. The van der Waals surface area contributed by atoms with E-state index in [-0.39, 0.29) is 34.8 Å². The molecule has 15 nitrogen and oxygen atoms in total. The molecular weight excluding hydrogens is 711 g/mol. The maximum atomic E-state index is 13.5. The van der Waals surface area contributed by atoms with Gasteiger partial charge in [0, 0.05) is 69.6 Å². The molecule has 0 unspecified atom stereocenters. The zero-order valence-electron chi connectivity index (χ0n) is 33.1. The average molecular weight is 766 g/mol. The van der Waals surface area contributed by atoms with Gasteiger partial charge in [-0.15, -0.1) is 0 Å². The first-order chi connectivity index (χ1) is 27.1. The summed E-state index contributed by atoms with van der Waals surface area (Å²) in [6, 6.07) is 7.55. The Hall–Kier alpha value is -5.44. The highest BCUT2D eigenvalue weighted by Crippen LogP contribution is 2.32. The third kappa shape index (κ3) is 9.86. The number of Topliss-reactive ketones (excluding diaryl/α,β-unsaturated/α-hetero) is 1. The molecule has 0 bridgehead atoms. The van der Waals surface area contributed by atoms with Crippen LogP contribution in [0.5, 0.6) is 0 Å². The first kappa shape index (κ1) is 40.2. The van der Waals surface area contributed by atoms with E-state index in [2.05, 4.69) is 46.0 Å². The lowest BCUT2D eigenvalue weighted by Crippen LogP contribution is -2.49. The number of pyridine rings is 3. The van der Waals surface area contributed by atoms with Gasteiger partial charge in [-0.2, -0.15) is 4.98 Å². The first-order valence-corrected chi connectivity index (χ1v) is 20.0. The predicted molar refractivity (Wildman–Crippen MR) is 219 cm³/mol. The van der Waals surface area contributed by atoms with Gasteiger partial charge in [0.25, 0.3) is 11.5 Å². The Morgan fingerprint density at radius 2 is 1.59 bits per heavy atom. The van der Waals surface area contributed by atoms with Crippen molar-refractivity contribution < 1.29 is 14.4 Å². The van der Waals surface area contributed by atoms with E-state index in [0.29, 0.717) is 52.8 Å². The number of hydrogen-bond acceptors (Lipinski definition) is 12. The Labute approximate surface area is 328 Å². The fraction of sp³-hybridized carbons (Fsp3) is 0.512. The van der Waals surface area contributed by atoms with Crippen molar-refractivity contribution in [3.05, 3.63) is 69.4 Å². The molecule has 2 amide bonds. The molecule has 4 aromatic heterocycles. The van der Waals surface area contributed by atoms with Gasteiger partial charge in [0.05, 0.1) is 29.6 Å². The Balaban J connectivity index is 0.898. The fourth-order valence-corrected chi connectivity index (χ4v) is 7.72. The van der Waals surface area contributed by atoms with Crippen molar-refractivity contribution in [3.8, 4) is 0 Å². The Kier molecular flexibility index (Phi) is 13.6. The molecule has 1 aliphatic heterocycles. The van der Waals surface area contributed by atoms with E-state index < -0.39 is 0 Å². The molecule has 0 atom stereocenters. The van der Waals surface area contributed by atoms with Crippen LogP contribution in [-0.2, 0) is 4.79 Å². The van der Waals surface area contributed by atoms with Crippen LogP contribution in [0, 0.1) is 13.8 Å². The van der Waals surface area contributed by atoms with Gasteiger partial charge in [-0.1, -0.05) is 32.1 Å². The Morgan fingerprint density at radius 3 is 2.29 bits per heavy atom. The number of ketones is 1. The van der Waals surface area contributed by atoms with Gasteiger partial charge in [0.15, 0.2) is 5.78 Å². The summed E-state index contributed by atoms with van der Waals surface area (Å²) in [5.74, 6) is 1.21. The van der Waals surface area contributed by atoms with Crippen LogP contribution in [-0.4, -0.2) is 99.9 Å². The minimum absolute atomic E-state index is 0.0105. The molecule has 2 aliphatic rings. The second kappa shape index (κ2) is 18.9. The van der Waals surface area contributed by atoms with E-state index in [1.165, 1.54) is 6.92 Å². The molecule has 5 heterocycles. The van der Waals surface area contributed by atoms with E-state index in [4.69, 9.17) is 4.98 Å². The molecular formula is C41H55N11O4. The average Bonchev–Trinajstić information content (AvgIpc) is 3.72. The largest absolute Gasteiger partial charge is 0.369 e. The summed E-state index contributed by atoms with van der Waals surface area (Å²) in [5.41, 5.74) is 3.51. The summed E-state index contributed by atoms with van der Waals surface area (Å²) in [6.45, 7) is 10.1. The van der Waals surface area contributed by atoms with Crippen LogP contribution in [0.15, 0.2) is 41.5 Å². The summed E-state index contributed by atoms with van der Waals surface area (Å²) in [5, 5.41) is 12.9. The van der Waals surface area contributed by atoms with E-state index in [9.17, 15) is 19.2 Å². The van der Waals surface area contributed by atoms with Crippen molar-refractivity contribution in [2.75, 3.05) is 68.4 Å². The van der Waals surface area contributed by atoms with Crippen molar-refractivity contribution in [2.24, 2.45) is 0 Å². The fourth-order valence-electron chi connectivity index (χ4n) is 7.72. The smallest absolute Gasteiger partial charge is 0.263 e. The highest BCUT2D eigenvalue weighted by molar-refractivity contribution is 5.99. The highest BCUT2D eigenvalue weighted by Gasteiger charge is 2.26. The number of aromatic nitrogens is 5. The molecule has 298 valence electrons. The Bertz CT molecular complexity index is 2070. The second-order valence-electron chi connectivity index (χ2n) is 14.9. The summed E-state index contributed by atoms with van der Waals surface area (Å²) in [6.07, 6.45) is 12.5. The van der Waals surface area contributed by atoms with Gasteiger partial charge in [-0.25, -0.2) is 15.0 Å². The van der Waals surface area contributed by atoms with E-state index in [1.807, 2.05) is 31.3 Å². The van der Waals surface area contributed by atoms with Gasteiger partial charge in [0.2, 0.25) is 11.9 Å². The molecule has 1 aliphatic carbocycles. The molecule has 1 saturated carbocycles. The maximum absolute atomic E-state index is 13.5. The van der Waals surface area contributed by atoms with E-state index >= 15 is 0 Å². The van der Waals surface area contributed by atoms with Crippen molar-refractivity contribution in [1.29, 1.82) is 0 Å². The number of aryl methyl sites for hydroxylation is 2. The highest BCUT2D eigenvalue weighted by atomic mass is 16.2. The van der Waals surface area contributed by atoms with Crippen molar-refractivity contribution in [3.63, 3.8) is 0 Å².